The number of nitrogen functional groups attached to an aromatic ring is 1. The molecule has 0 radical (unpaired) electrons. The Labute approximate surface area is 103 Å². The zero-order valence-corrected chi connectivity index (χ0v) is 10.9. The van der Waals surface area contributed by atoms with E-state index in [1.54, 1.807) is 6.20 Å². The van der Waals surface area contributed by atoms with Gasteiger partial charge in [-0.05, 0) is 26.0 Å². The third kappa shape index (κ3) is 1.97. The van der Waals surface area contributed by atoms with Crippen molar-refractivity contribution in [3.63, 3.8) is 0 Å². The monoisotopic (exact) mass is 279 g/mol. The molecule has 0 saturated carbocycles. The second-order valence-electron chi connectivity index (χ2n) is 3.99. The fraction of sp³-hybridized carbons (Fsp3) is 0.250. The quantitative estimate of drug-likeness (QED) is 0.915. The summed E-state index contributed by atoms with van der Waals surface area (Å²) in [5.41, 5.74) is 8.75. The summed E-state index contributed by atoms with van der Waals surface area (Å²) < 4.78 is 3.00. The van der Waals surface area contributed by atoms with E-state index in [-0.39, 0.29) is 0 Å². The van der Waals surface area contributed by atoms with Crippen molar-refractivity contribution < 1.29 is 0 Å². The highest BCUT2D eigenvalue weighted by molar-refractivity contribution is 9.10. The Kier molecular flexibility index (Phi) is 3.01. The first-order valence-corrected chi connectivity index (χ1v) is 5.98. The number of halogens is 1. The van der Waals surface area contributed by atoms with Gasteiger partial charge in [0.15, 0.2) is 0 Å². The Morgan fingerprint density at radius 1 is 1.25 bits per heavy atom. The van der Waals surface area contributed by atoms with Crippen LogP contribution in [-0.2, 0) is 0 Å². The molecule has 2 N–H and O–H groups in total. The lowest BCUT2D eigenvalue weighted by atomic mass is 10.1. The van der Waals surface area contributed by atoms with E-state index >= 15 is 0 Å². The third-order valence-corrected chi connectivity index (χ3v) is 2.96. The van der Waals surface area contributed by atoms with Gasteiger partial charge in [-0.1, -0.05) is 28.1 Å². The normalized spacial score (nSPS) is 11.0. The highest BCUT2D eigenvalue weighted by Crippen LogP contribution is 2.28. The summed E-state index contributed by atoms with van der Waals surface area (Å²) >= 11 is 3.42. The first kappa shape index (κ1) is 11.2. The van der Waals surface area contributed by atoms with Gasteiger partial charge in [-0.15, -0.1) is 0 Å². The molecule has 0 fully saturated rings. The zero-order chi connectivity index (χ0) is 11.7. The van der Waals surface area contributed by atoms with E-state index in [0.717, 1.165) is 21.4 Å². The van der Waals surface area contributed by atoms with Gasteiger partial charge in [0.2, 0.25) is 0 Å². The maximum atomic E-state index is 5.95. The van der Waals surface area contributed by atoms with Crippen LogP contribution in [0.15, 0.2) is 34.9 Å². The molecule has 0 aliphatic heterocycles. The summed E-state index contributed by atoms with van der Waals surface area (Å²) in [5.74, 6) is 0. The molecule has 0 atom stereocenters. The number of nitrogens with zero attached hydrogens (tertiary/aromatic N) is 2. The Morgan fingerprint density at radius 2 is 1.88 bits per heavy atom. The second kappa shape index (κ2) is 4.29. The van der Waals surface area contributed by atoms with Crippen LogP contribution in [0.4, 0.5) is 5.69 Å². The van der Waals surface area contributed by atoms with E-state index in [4.69, 9.17) is 5.73 Å². The predicted octanol–water partition coefficient (Wildman–Crippen LogP) is 3.48. The number of aromatic nitrogens is 2. The van der Waals surface area contributed by atoms with E-state index in [1.807, 2.05) is 28.9 Å². The molecular weight excluding hydrogens is 266 g/mol. The van der Waals surface area contributed by atoms with Crippen LogP contribution in [0.5, 0.6) is 0 Å². The summed E-state index contributed by atoms with van der Waals surface area (Å²) in [6.45, 7) is 4.18. The van der Waals surface area contributed by atoms with Crippen molar-refractivity contribution in [2.75, 3.05) is 5.73 Å². The van der Waals surface area contributed by atoms with Crippen LogP contribution in [0.3, 0.4) is 0 Å². The van der Waals surface area contributed by atoms with Gasteiger partial charge in [0.1, 0.15) is 0 Å². The highest BCUT2D eigenvalue weighted by atomic mass is 79.9. The fourth-order valence-corrected chi connectivity index (χ4v) is 1.94. The Bertz CT molecular complexity index is 485. The van der Waals surface area contributed by atoms with Crippen molar-refractivity contribution in [3.05, 3.63) is 34.9 Å². The summed E-state index contributed by atoms with van der Waals surface area (Å²) in [7, 11) is 0. The molecule has 0 aliphatic carbocycles. The first-order valence-electron chi connectivity index (χ1n) is 5.18. The molecule has 2 aromatic rings. The molecule has 0 unspecified atom stereocenters. The fourth-order valence-electron chi connectivity index (χ4n) is 1.67. The molecule has 3 nitrogen and oxygen atoms in total. The number of hydrogen-bond acceptors (Lipinski definition) is 2. The second-order valence-corrected chi connectivity index (χ2v) is 4.91. The average molecular weight is 280 g/mol. The maximum absolute atomic E-state index is 5.95. The largest absolute Gasteiger partial charge is 0.396 e. The van der Waals surface area contributed by atoms with Crippen LogP contribution in [0.25, 0.3) is 11.3 Å². The smallest absolute Gasteiger partial charge is 0.0915 e. The summed E-state index contributed by atoms with van der Waals surface area (Å²) in [4.78, 5) is 0. The van der Waals surface area contributed by atoms with Gasteiger partial charge in [-0.25, -0.2) is 0 Å². The standard InChI is InChI=1S/C12H14BrN3/c1-8(2)16-12(11(14)7-15-16)9-3-5-10(13)6-4-9/h3-8H,14H2,1-2H3. The van der Waals surface area contributed by atoms with Gasteiger partial charge in [0.05, 0.1) is 17.6 Å². The highest BCUT2D eigenvalue weighted by Gasteiger charge is 2.12. The van der Waals surface area contributed by atoms with Crippen molar-refractivity contribution in [2.24, 2.45) is 0 Å². The molecule has 0 bridgehead atoms. The maximum Gasteiger partial charge on any atom is 0.0915 e. The van der Waals surface area contributed by atoms with E-state index in [2.05, 4.69) is 34.9 Å². The topological polar surface area (TPSA) is 43.8 Å². The number of anilines is 1. The summed E-state index contributed by atoms with van der Waals surface area (Å²) in [6, 6.07) is 8.39. The van der Waals surface area contributed by atoms with Gasteiger partial charge in [0.25, 0.3) is 0 Å². The average Bonchev–Trinajstić information content (AvgIpc) is 2.62. The first-order chi connectivity index (χ1) is 7.59. The van der Waals surface area contributed by atoms with Gasteiger partial charge < -0.3 is 5.73 Å². The van der Waals surface area contributed by atoms with E-state index < -0.39 is 0 Å². The molecule has 16 heavy (non-hydrogen) atoms. The van der Waals surface area contributed by atoms with Crippen molar-refractivity contribution in [2.45, 2.75) is 19.9 Å². The molecule has 4 heteroatoms. The molecule has 0 aliphatic rings. The van der Waals surface area contributed by atoms with Crippen molar-refractivity contribution in [3.8, 4) is 11.3 Å². The molecule has 1 aromatic carbocycles. The minimum absolute atomic E-state index is 0.302. The molecule has 0 amide bonds. The minimum Gasteiger partial charge on any atom is -0.396 e. The van der Waals surface area contributed by atoms with Crippen LogP contribution in [0.1, 0.15) is 19.9 Å². The molecule has 84 valence electrons. The molecular formula is C12H14BrN3. The number of rotatable bonds is 2. The van der Waals surface area contributed by atoms with Crippen molar-refractivity contribution in [1.82, 2.24) is 9.78 Å². The number of hydrogen-bond donors (Lipinski definition) is 1. The Balaban J connectivity index is 2.54. The lowest BCUT2D eigenvalue weighted by Crippen LogP contribution is -2.05. The lowest BCUT2D eigenvalue weighted by Gasteiger charge is -2.11. The number of nitrogens with two attached hydrogens (primary N) is 1. The minimum atomic E-state index is 0.302. The van der Waals surface area contributed by atoms with E-state index in [0.29, 0.717) is 6.04 Å². The van der Waals surface area contributed by atoms with Crippen LogP contribution in [-0.4, -0.2) is 9.78 Å². The Morgan fingerprint density at radius 3 is 2.44 bits per heavy atom. The van der Waals surface area contributed by atoms with Crippen LogP contribution < -0.4 is 5.73 Å². The van der Waals surface area contributed by atoms with Crippen LogP contribution >= 0.6 is 15.9 Å². The van der Waals surface area contributed by atoms with Gasteiger partial charge in [-0.3, -0.25) is 4.68 Å². The summed E-state index contributed by atoms with van der Waals surface area (Å²) in [6.07, 6.45) is 1.71. The molecule has 2 rings (SSSR count). The Hall–Kier alpha value is -1.29. The van der Waals surface area contributed by atoms with Crippen LogP contribution in [0, 0.1) is 0 Å². The van der Waals surface area contributed by atoms with Gasteiger partial charge in [-0.2, -0.15) is 5.10 Å². The zero-order valence-electron chi connectivity index (χ0n) is 9.31. The van der Waals surface area contributed by atoms with Gasteiger partial charge in [0, 0.05) is 16.1 Å². The lowest BCUT2D eigenvalue weighted by molar-refractivity contribution is 0.538. The molecule has 1 heterocycles. The van der Waals surface area contributed by atoms with Gasteiger partial charge >= 0.3 is 0 Å². The molecule has 0 saturated heterocycles. The summed E-state index contributed by atoms with van der Waals surface area (Å²) in [5, 5.41) is 4.29. The number of benzene rings is 1. The van der Waals surface area contributed by atoms with E-state index in [9.17, 15) is 0 Å². The predicted molar refractivity (Wildman–Crippen MR) is 70.2 cm³/mol. The molecule has 1 aromatic heterocycles. The van der Waals surface area contributed by atoms with Crippen molar-refractivity contribution >= 4 is 21.6 Å². The van der Waals surface area contributed by atoms with Crippen LogP contribution in [0.2, 0.25) is 0 Å². The third-order valence-electron chi connectivity index (χ3n) is 2.43. The van der Waals surface area contributed by atoms with E-state index in [1.165, 1.54) is 0 Å². The molecule has 0 spiro atoms. The SMILES string of the molecule is CC(C)n1ncc(N)c1-c1ccc(Br)cc1. The van der Waals surface area contributed by atoms with Crippen molar-refractivity contribution in [1.29, 1.82) is 0 Å².